The third-order valence-corrected chi connectivity index (χ3v) is 2.69. The Hall–Kier alpha value is -2.26. The molecule has 2 rings (SSSR count). The first-order chi connectivity index (χ1) is 9.24. The third kappa shape index (κ3) is 3.14. The fourth-order valence-electron chi connectivity index (χ4n) is 1.74. The Morgan fingerprint density at radius 2 is 2.37 bits per heavy atom. The minimum Gasteiger partial charge on any atom is -0.392 e. The number of hydrogen-bond acceptors (Lipinski definition) is 6. The summed E-state index contributed by atoms with van der Waals surface area (Å²) in [5.41, 5.74) is 1.72. The van der Waals surface area contributed by atoms with Gasteiger partial charge >= 0.3 is 0 Å². The van der Waals surface area contributed by atoms with Crippen LogP contribution < -0.4 is 0 Å². The summed E-state index contributed by atoms with van der Waals surface area (Å²) in [6.45, 7) is 2.03. The number of aliphatic hydroxyl groups is 1. The van der Waals surface area contributed by atoms with E-state index in [0.717, 1.165) is 12.0 Å². The van der Waals surface area contributed by atoms with E-state index in [2.05, 4.69) is 15.1 Å². The second-order valence-electron chi connectivity index (χ2n) is 4.10. The second-order valence-corrected chi connectivity index (χ2v) is 4.10. The molecule has 6 heteroatoms. The molecule has 0 saturated carbocycles. The molecule has 0 aliphatic heterocycles. The first-order valence-corrected chi connectivity index (χ1v) is 6.06. The molecule has 0 aliphatic carbocycles. The molecule has 0 saturated heterocycles. The van der Waals surface area contributed by atoms with E-state index in [0.29, 0.717) is 17.4 Å². The zero-order valence-corrected chi connectivity index (χ0v) is 10.6. The van der Waals surface area contributed by atoms with E-state index in [-0.39, 0.29) is 12.8 Å². The molecular weight excluding hydrogens is 244 g/mol. The molecule has 0 fully saturated rings. The molecule has 1 N–H and O–H groups in total. The smallest absolute Gasteiger partial charge is 0.229 e. The molecule has 1 atom stereocenters. The van der Waals surface area contributed by atoms with Crippen LogP contribution in [0, 0.1) is 11.3 Å². The van der Waals surface area contributed by atoms with Crippen molar-refractivity contribution in [2.24, 2.45) is 0 Å². The van der Waals surface area contributed by atoms with Gasteiger partial charge in [0, 0.05) is 6.20 Å². The van der Waals surface area contributed by atoms with Crippen LogP contribution in [-0.2, 0) is 12.8 Å². The number of hydrogen-bond donors (Lipinski definition) is 1. The van der Waals surface area contributed by atoms with Crippen LogP contribution in [0.15, 0.2) is 22.9 Å². The number of aryl methyl sites for hydroxylation is 1. The summed E-state index contributed by atoms with van der Waals surface area (Å²) in [7, 11) is 0. The molecule has 98 valence electrons. The Kier molecular flexibility index (Phi) is 4.21. The van der Waals surface area contributed by atoms with Gasteiger partial charge < -0.3 is 9.63 Å². The summed E-state index contributed by atoms with van der Waals surface area (Å²) in [6, 6.07) is 5.71. The van der Waals surface area contributed by atoms with Crippen molar-refractivity contribution in [3.63, 3.8) is 0 Å². The highest BCUT2D eigenvalue weighted by Crippen LogP contribution is 2.18. The van der Waals surface area contributed by atoms with E-state index in [1.807, 2.05) is 25.1 Å². The van der Waals surface area contributed by atoms with Crippen LogP contribution in [0.3, 0.4) is 0 Å². The normalized spacial score (nSPS) is 12.1. The molecule has 0 radical (unpaired) electrons. The van der Waals surface area contributed by atoms with Gasteiger partial charge in [-0.1, -0.05) is 18.1 Å². The van der Waals surface area contributed by atoms with Gasteiger partial charge in [0.15, 0.2) is 0 Å². The van der Waals surface area contributed by atoms with Crippen LogP contribution in [-0.4, -0.2) is 26.3 Å². The van der Waals surface area contributed by atoms with Gasteiger partial charge in [0.2, 0.25) is 11.7 Å². The molecule has 0 amide bonds. The Balaban J connectivity index is 2.19. The number of rotatable bonds is 5. The Morgan fingerprint density at radius 3 is 3.11 bits per heavy atom. The quantitative estimate of drug-likeness (QED) is 0.873. The number of aromatic nitrogens is 3. The predicted molar refractivity (Wildman–Crippen MR) is 66.8 cm³/mol. The standard InChI is InChI=1S/C13H14N4O2/c1-2-9-4-3-7-15-12(9)13-16-11(19-17-13)8-10(18)5-6-14/h3-4,7,10,18H,2,5,8H2,1H3. The van der Waals surface area contributed by atoms with Crippen molar-refractivity contribution in [1.82, 2.24) is 15.1 Å². The first-order valence-electron chi connectivity index (χ1n) is 6.06. The van der Waals surface area contributed by atoms with Crippen LogP contribution in [0.1, 0.15) is 24.8 Å². The van der Waals surface area contributed by atoms with Crippen molar-refractivity contribution >= 4 is 0 Å². The minimum absolute atomic E-state index is 0.0432. The van der Waals surface area contributed by atoms with Crippen LogP contribution in [0.5, 0.6) is 0 Å². The number of aliphatic hydroxyl groups excluding tert-OH is 1. The third-order valence-electron chi connectivity index (χ3n) is 2.69. The largest absolute Gasteiger partial charge is 0.392 e. The van der Waals surface area contributed by atoms with Gasteiger partial charge in [-0.2, -0.15) is 10.2 Å². The Bertz CT molecular complexity index is 588. The highest BCUT2D eigenvalue weighted by Gasteiger charge is 2.15. The molecule has 19 heavy (non-hydrogen) atoms. The van der Waals surface area contributed by atoms with Crippen molar-refractivity contribution in [2.45, 2.75) is 32.3 Å². The average Bonchev–Trinajstić information content (AvgIpc) is 2.87. The minimum atomic E-state index is -0.785. The molecule has 0 aliphatic rings. The molecule has 0 bridgehead atoms. The first kappa shape index (κ1) is 13.2. The second kappa shape index (κ2) is 6.07. The number of pyridine rings is 1. The van der Waals surface area contributed by atoms with E-state index in [1.165, 1.54) is 0 Å². The van der Waals surface area contributed by atoms with E-state index in [1.54, 1.807) is 6.20 Å². The van der Waals surface area contributed by atoms with E-state index >= 15 is 0 Å². The van der Waals surface area contributed by atoms with Crippen molar-refractivity contribution < 1.29 is 9.63 Å². The van der Waals surface area contributed by atoms with Gasteiger partial charge in [-0.25, -0.2) is 0 Å². The van der Waals surface area contributed by atoms with Crippen LogP contribution in [0.4, 0.5) is 0 Å². The summed E-state index contributed by atoms with van der Waals surface area (Å²) in [5.74, 6) is 0.724. The summed E-state index contributed by atoms with van der Waals surface area (Å²) in [6.07, 6.45) is 1.93. The summed E-state index contributed by atoms with van der Waals surface area (Å²) in [5, 5.41) is 21.9. The van der Waals surface area contributed by atoms with E-state index in [9.17, 15) is 5.11 Å². The SMILES string of the molecule is CCc1cccnc1-c1noc(CC(O)CC#N)n1. The van der Waals surface area contributed by atoms with Crippen molar-refractivity contribution in [3.05, 3.63) is 29.8 Å². The zero-order chi connectivity index (χ0) is 13.7. The summed E-state index contributed by atoms with van der Waals surface area (Å²) >= 11 is 0. The average molecular weight is 258 g/mol. The lowest BCUT2D eigenvalue weighted by atomic mass is 10.1. The molecule has 0 aromatic carbocycles. The lowest BCUT2D eigenvalue weighted by Crippen LogP contribution is -2.09. The van der Waals surface area contributed by atoms with Crippen molar-refractivity contribution in [3.8, 4) is 17.6 Å². The van der Waals surface area contributed by atoms with Crippen molar-refractivity contribution in [1.29, 1.82) is 5.26 Å². The highest BCUT2D eigenvalue weighted by atomic mass is 16.5. The van der Waals surface area contributed by atoms with Gasteiger partial charge in [-0.15, -0.1) is 0 Å². The molecular formula is C13H14N4O2. The van der Waals surface area contributed by atoms with Gasteiger partial charge in [-0.3, -0.25) is 4.98 Å². The maximum absolute atomic E-state index is 9.52. The van der Waals surface area contributed by atoms with Crippen LogP contribution in [0.25, 0.3) is 11.5 Å². The monoisotopic (exact) mass is 258 g/mol. The van der Waals surface area contributed by atoms with Gasteiger partial charge in [-0.05, 0) is 18.1 Å². The van der Waals surface area contributed by atoms with Gasteiger partial charge in [0.1, 0.15) is 5.69 Å². The zero-order valence-electron chi connectivity index (χ0n) is 10.6. The maximum atomic E-state index is 9.52. The lowest BCUT2D eigenvalue weighted by Gasteiger charge is -2.01. The lowest BCUT2D eigenvalue weighted by molar-refractivity contribution is 0.167. The van der Waals surface area contributed by atoms with Crippen LogP contribution in [0.2, 0.25) is 0 Å². The topological polar surface area (TPSA) is 95.8 Å². The maximum Gasteiger partial charge on any atom is 0.229 e. The van der Waals surface area contributed by atoms with Gasteiger partial charge in [0.25, 0.3) is 0 Å². The fourth-order valence-corrected chi connectivity index (χ4v) is 1.74. The molecule has 2 aromatic rings. The Labute approximate surface area is 110 Å². The van der Waals surface area contributed by atoms with E-state index in [4.69, 9.17) is 9.78 Å². The van der Waals surface area contributed by atoms with E-state index < -0.39 is 6.10 Å². The van der Waals surface area contributed by atoms with Crippen molar-refractivity contribution in [2.75, 3.05) is 0 Å². The van der Waals surface area contributed by atoms with Gasteiger partial charge in [0.05, 0.1) is 25.0 Å². The predicted octanol–water partition coefficient (Wildman–Crippen LogP) is 1.51. The molecule has 2 heterocycles. The number of nitrogens with zero attached hydrogens (tertiary/aromatic N) is 4. The fraction of sp³-hybridized carbons (Fsp3) is 0.385. The Morgan fingerprint density at radius 1 is 1.53 bits per heavy atom. The number of nitriles is 1. The summed E-state index contributed by atoms with van der Waals surface area (Å²) in [4.78, 5) is 8.45. The summed E-state index contributed by atoms with van der Waals surface area (Å²) < 4.78 is 5.07. The highest BCUT2D eigenvalue weighted by molar-refractivity contribution is 5.53. The molecule has 6 nitrogen and oxygen atoms in total. The molecule has 0 spiro atoms. The van der Waals surface area contributed by atoms with Crippen LogP contribution >= 0.6 is 0 Å². The molecule has 1 unspecified atom stereocenters. The molecule has 2 aromatic heterocycles.